The van der Waals surface area contributed by atoms with Crippen molar-refractivity contribution < 1.29 is 18.3 Å². The molecule has 1 amide bonds. The van der Waals surface area contributed by atoms with Gasteiger partial charge < -0.3 is 15.0 Å². The molecule has 3 rings (SSSR count). The number of phenolic OH excluding ortho intramolecular Hbond substituents is 1. The molecule has 1 aromatic heterocycles. The summed E-state index contributed by atoms with van der Waals surface area (Å²) in [6, 6.07) is 14.4. The summed E-state index contributed by atoms with van der Waals surface area (Å²) in [6.45, 7) is 0. The van der Waals surface area contributed by atoms with E-state index in [0.29, 0.717) is 16.7 Å². The lowest BCUT2D eigenvalue weighted by molar-refractivity contribution is -0.113. The molecule has 0 radical (unpaired) electrons. The van der Waals surface area contributed by atoms with Crippen molar-refractivity contribution in [3.63, 3.8) is 0 Å². The molecule has 0 unspecified atom stereocenters. The number of phenols is 1. The van der Waals surface area contributed by atoms with Gasteiger partial charge in [-0.25, -0.2) is 8.42 Å². The highest BCUT2D eigenvalue weighted by atomic mass is 32.2. The molecule has 8 nitrogen and oxygen atoms in total. The largest absolute Gasteiger partial charge is 0.508 e. The second-order valence-corrected chi connectivity index (χ2v) is 8.85. The molecule has 146 valence electrons. The van der Waals surface area contributed by atoms with Crippen molar-refractivity contribution in [1.29, 1.82) is 0 Å². The van der Waals surface area contributed by atoms with Crippen LogP contribution in [0.4, 0.5) is 5.69 Å². The Kier molecular flexibility index (Phi) is 6.00. The number of nitrogens with zero attached hydrogens (tertiary/aromatic N) is 3. The summed E-state index contributed by atoms with van der Waals surface area (Å²) in [5.41, 5.74) is 0.484. The van der Waals surface area contributed by atoms with Crippen LogP contribution in [0.2, 0.25) is 0 Å². The van der Waals surface area contributed by atoms with Crippen molar-refractivity contribution in [3.8, 4) is 5.75 Å². The van der Waals surface area contributed by atoms with E-state index >= 15 is 0 Å². The molecule has 0 atom stereocenters. The van der Waals surface area contributed by atoms with Gasteiger partial charge in [0.15, 0.2) is 15.0 Å². The summed E-state index contributed by atoms with van der Waals surface area (Å²) in [5, 5.41) is 20.4. The summed E-state index contributed by atoms with van der Waals surface area (Å²) in [7, 11) is -1.88. The average molecular weight is 419 g/mol. The van der Waals surface area contributed by atoms with E-state index in [1.807, 2.05) is 0 Å². The lowest BCUT2D eigenvalue weighted by atomic mass is 10.3. The molecule has 2 N–H and O–H groups in total. The highest BCUT2D eigenvalue weighted by Crippen LogP contribution is 2.20. The molecule has 10 heteroatoms. The third-order valence-electron chi connectivity index (χ3n) is 3.81. The Balaban J connectivity index is 1.62. The number of sulfone groups is 1. The lowest BCUT2D eigenvalue weighted by Crippen LogP contribution is -2.14. The molecule has 0 bridgehead atoms. The van der Waals surface area contributed by atoms with Crippen LogP contribution in [0.25, 0.3) is 0 Å². The zero-order valence-electron chi connectivity index (χ0n) is 14.9. The van der Waals surface area contributed by atoms with Crippen LogP contribution in [0.5, 0.6) is 5.75 Å². The predicted octanol–water partition coefficient (Wildman–Crippen LogP) is 2.23. The van der Waals surface area contributed by atoms with Crippen LogP contribution in [-0.4, -0.2) is 39.9 Å². The molecule has 2 aromatic carbocycles. The number of carbonyl (C=O) groups excluding carboxylic acids is 1. The number of amides is 1. The van der Waals surface area contributed by atoms with Crippen LogP contribution in [0.3, 0.4) is 0 Å². The Labute approximate surface area is 166 Å². The predicted molar refractivity (Wildman–Crippen MR) is 106 cm³/mol. The van der Waals surface area contributed by atoms with Crippen LogP contribution in [0.15, 0.2) is 64.6 Å². The van der Waals surface area contributed by atoms with Gasteiger partial charge in [0.1, 0.15) is 17.3 Å². The molecule has 0 spiro atoms. The van der Waals surface area contributed by atoms with E-state index in [1.54, 1.807) is 41.9 Å². The number of aromatic nitrogens is 3. The van der Waals surface area contributed by atoms with Crippen molar-refractivity contribution >= 4 is 33.2 Å². The summed E-state index contributed by atoms with van der Waals surface area (Å²) < 4.78 is 26.5. The number of hydrogen-bond donors (Lipinski definition) is 2. The number of nitrogens with one attached hydrogen (secondary N) is 1. The van der Waals surface area contributed by atoms with Crippen molar-refractivity contribution in [3.05, 3.63) is 60.4 Å². The first-order chi connectivity index (χ1) is 13.3. The first-order valence-corrected chi connectivity index (χ1v) is 10.9. The number of hydrogen-bond acceptors (Lipinski definition) is 7. The number of thioether (sulfide) groups is 1. The minimum atomic E-state index is -3.53. The highest BCUT2D eigenvalue weighted by Gasteiger charge is 2.20. The maximum absolute atomic E-state index is 12.5. The molecule has 28 heavy (non-hydrogen) atoms. The van der Waals surface area contributed by atoms with Crippen molar-refractivity contribution in [2.24, 2.45) is 7.05 Å². The number of benzene rings is 2. The van der Waals surface area contributed by atoms with Crippen LogP contribution >= 0.6 is 11.8 Å². The van der Waals surface area contributed by atoms with Crippen molar-refractivity contribution in [2.45, 2.75) is 15.8 Å². The number of carbonyl (C=O) groups is 1. The van der Waals surface area contributed by atoms with Crippen molar-refractivity contribution in [1.82, 2.24) is 14.8 Å². The number of rotatable bonds is 7. The molecule has 1 heterocycles. The fourth-order valence-electron chi connectivity index (χ4n) is 2.39. The molecule has 3 aromatic rings. The van der Waals surface area contributed by atoms with Gasteiger partial charge >= 0.3 is 0 Å². The van der Waals surface area contributed by atoms with Gasteiger partial charge in [0.2, 0.25) is 5.91 Å². The third-order valence-corrected chi connectivity index (χ3v) is 6.46. The zero-order valence-corrected chi connectivity index (χ0v) is 16.6. The first-order valence-electron chi connectivity index (χ1n) is 8.23. The Morgan fingerprint density at radius 1 is 1.14 bits per heavy atom. The van der Waals surface area contributed by atoms with Crippen LogP contribution in [0.1, 0.15) is 5.82 Å². The van der Waals surface area contributed by atoms with Crippen LogP contribution < -0.4 is 5.32 Å². The normalized spacial score (nSPS) is 11.3. The van der Waals surface area contributed by atoms with E-state index in [4.69, 9.17) is 0 Å². The van der Waals surface area contributed by atoms with Gasteiger partial charge in [0.25, 0.3) is 0 Å². The Morgan fingerprint density at radius 3 is 2.61 bits per heavy atom. The zero-order chi connectivity index (χ0) is 20.1. The van der Waals surface area contributed by atoms with Gasteiger partial charge in [-0.2, -0.15) is 0 Å². The van der Waals surface area contributed by atoms with Gasteiger partial charge in [0.05, 0.1) is 10.6 Å². The Bertz CT molecular complexity index is 1080. The maximum Gasteiger partial charge on any atom is 0.234 e. The monoisotopic (exact) mass is 418 g/mol. The average Bonchev–Trinajstić information content (AvgIpc) is 3.00. The third kappa shape index (κ3) is 4.90. The second-order valence-electron chi connectivity index (χ2n) is 5.92. The van der Waals surface area contributed by atoms with Gasteiger partial charge in [0, 0.05) is 18.8 Å². The summed E-state index contributed by atoms with van der Waals surface area (Å²) >= 11 is 1.14. The molecule has 0 fully saturated rings. The van der Waals surface area contributed by atoms with Gasteiger partial charge in [-0.05, 0) is 24.3 Å². The van der Waals surface area contributed by atoms with E-state index in [2.05, 4.69) is 15.5 Å². The summed E-state index contributed by atoms with van der Waals surface area (Å²) in [5.74, 6) is -0.149. The fraction of sp³-hybridized carbons (Fsp3) is 0.167. The molecule has 0 aliphatic carbocycles. The molecular formula is C18H18N4O4S2. The van der Waals surface area contributed by atoms with Crippen LogP contribution in [0, 0.1) is 0 Å². The number of aromatic hydroxyl groups is 1. The van der Waals surface area contributed by atoms with E-state index < -0.39 is 9.84 Å². The van der Waals surface area contributed by atoms with E-state index in [-0.39, 0.29) is 28.1 Å². The van der Waals surface area contributed by atoms with Gasteiger partial charge in [-0.3, -0.25) is 4.79 Å². The first kappa shape index (κ1) is 19.9. The topological polar surface area (TPSA) is 114 Å². The van der Waals surface area contributed by atoms with Gasteiger partial charge in [-0.1, -0.05) is 36.0 Å². The molecule has 0 aliphatic heterocycles. The Morgan fingerprint density at radius 2 is 1.89 bits per heavy atom. The standard InChI is InChI=1S/C18H18N4O4S2/c1-22-16(12-28(25,26)15-8-3-2-4-9-15)20-21-18(22)27-11-17(24)19-13-6-5-7-14(23)10-13/h2-10,23H,11-12H2,1H3,(H,19,24). The smallest absolute Gasteiger partial charge is 0.234 e. The van der Waals surface area contributed by atoms with Gasteiger partial charge in [-0.15, -0.1) is 10.2 Å². The molecular weight excluding hydrogens is 400 g/mol. The lowest BCUT2D eigenvalue weighted by Gasteiger charge is -2.06. The summed E-state index contributed by atoms with van der Waals surface area (Å²) in [4.78, 5) is 12.3. The van der Waals surface area contributed by atoms with E-state index in [0.717, 1.165) is 11.8 Å². The fourth-order valence-corrected chi connectivity index (χ4v) is 4.45. The summed E-state index contributed by atoms with van der Waals surface area (Å²) in [6.07, 6.45) is 0. The number of anilines is 1. The van der Waals surface area contributed by atoms with Crippen LogP contribution in [-0.2, 0) is 27.4 Å². The molecule has 0 aliphatic rings. The molecule has 0 saturated carbocycles. The van der Waals surface area contributed by atoms with E-state index in [9.17, 15) is 18.3 Å². The quantitative estimate of drug-likeness (QED) is 0.566. The van der Waals surface area contributed by atoms with Crippen molar-refractivity contribution in [2.75, 3.05) is 11.1 Å². The maximum atomic E-state index is 12.5. The minimum absolute atomic E-state index is 0.0584. The Hall–Kier alpha value is -2.85. The highest BCUT2D eigenvalue weighted by molar-refractivity contribution is 7.99. The minimum Gasteiger partial charge on any atom is -0.508 e. The molecule has 0 saturated heterocycles. The van der Waals surface area contributed by atoms with E-state index in [1.165, 1.54) is 24.3 Å². The second kappa shape index (κ2) is 8.44. The SMILES string of the molecule is Cn1c(CS(=O)(=O)c2ccccc2)nnc1SCC(=O)Nc1cccc(O)c1.